The Hall–Kier alpha value is -3.33. The van der Waals surface area contributed by atoms with Crippen LogP contribution in [0.15, 0.2) is 78.9 Å². The molecule has 0 saturated carbocycles. The lowest BCUT2D eigenvalue weighted by molar-refractivity contribution is -0.115. The van der Waals surface area contributed by atoms with Gasteiger partial charge in [-0.15, -0.1) is 0 Å². The van der Waals surface area contributed by atoms with Crippen LogP contribution < -0.4 is 10.1 Å². The van der Waals surface area contributed by atoms with Crippen LogP contribution in [-0.2, 0) is 11.3 Å². The molecule has 3 nitrogen and oxygen atoms in total. The minimum absolute atomic E-state index is 0.118. The van der Waals surface area contributed by atoms with Crippen molar-refractivity contribution in [1.29, 1.82) is 0 Å². The SMILES string of the molecule is COc1ccccc1/C=C(\C(=O)NCc1ccc(C)cc1)c1ccccc1. The van der Waals surface area contributed by atoms with Gasteiger partial charge in [0.05, 0.1) is 7.11 Å². The summed E-state index contributed by atoms with van der Waals surface area (Å²) in [5.41, 5.74) is 4.60. The molecule has 3 rings (SSSR count). The Morgan fingerprint density at radius 1 is 0.926 bits per heavy atom. The second-order valence-corrected chi connectivity index (χ2v) is 6.33. The molecule has 3 aromatic rings. The van der Waals surface area contributed by atoms with E-state index in [1.54, 1.807) is 7.11 Å². The predicted octanol–water partition coefficient (Wildman–Crippen LogP) is 4.86. The molecule has 0 aliphatic heterocycles. The molecule has 0 aliphatic rings. The lowest BCUT2D eigenvalue weighted by Crippen LogP contribution is -2.23. The van der Waals surface area contributed by atoms with Crippen molar-refractivity contribution in [2.75, 3.05) is 7.11 Å². The molecule has 0 atom stereocenters. The van der Waals surface area contributed by atoms with Crippen LogP contribution in [0.2, 0.25) is 0 Å². The third-order valence-electron chi connectivity index (χ3n) is 4.34. The Balaban J connectivity index is 1.89. The van der Waals surface area contributed by atoms with Gasteiger partial charge < -0.3 is 10.1 Å². The maximum absolute atomic E-state index is 13.0. The molecule has 0 bridgehead atoms. The zero-order valence-corrected chi connectivity index (χ0v) is 15.6. The Labute approximate surface area is 160 Å². The lowest BCUT2D eigenvalue weighted by Gasteiger charge is -2.11. The van der Waals surface area contributed by atoms with Crippen molar-refractivity contribution in [3.63, 3.8) is 0 Å². The zero-order valence-electron chi connectivity index (χ0n) is 15.6. The highest BCUT2D eigenvalue weighted by Gasteiger charge is 2.13. The fraction of sp³-hybridized carbons (Fsp3) is 0.125. The molecule has 136 valence electrons. The summed E-state index contributed by atoms with van der Waals surface area (Å²) in [7, 11) is 1.63. The lowest BCUT2D eigenvalue weighted by atomic mass is 10.0. The zero-order chi connectivity index (χ0) is 19.1. The number of methoxy groups -OCH3 is 1. The summed E-state index contributed by atoms with van der Waals surface area (Å²) < 4.78 is 5.43. The summed E-state index contributed by atoms with van der Waals surface area (Å²) in [5, 5.41) is 3.03. The molecule has 3 aromatic carbocycles. The normalized spacial score (nSPS) is 11.1. The van der Waals surface area contributed by atoms with Crippen LogP contribution in [0.3, 0.4) is 0 Å². The van der Waals surface area contributed by atoms with E-state index in [4.69, 9.17) is 4.74 Å². The standard InChI is InChI=1S/C24H23NO2/c1-18-12-14-19(15-13-18)17-25-24(26)22(20-8-4-3-5-9-20)16-21-10-6-7-11-23(21)27-2/h3-16H,17H2,1-2H3,(H,25,26)/b22-16-. The second kappa shape index (κ2) is 8.86. The van der Waals surface area contributed by atoms with E-state index in [0.29, 0.717) is 12.1 Å². The van der Waals surface area contributed by atoms with Gasteiger partial charge in [0.1, 0.15) is 5.75 Å². The maximum Gasteiger partial charge on any atom is 0.252 e. The van der Waals surface area contributed by atoms with Crippen LogP contribution in [-0.4, -0.2) is 13.0 Å². The van der Waals surface area contributed by atoms with E-state index < -0.39 is 0 Å². The number of carbonyl (C=O) groups is 1. The average Bonchev–Trinajstić information content (AvgIpc) is 2.72. The third-order valence-corrected chi connectivity index (χ3v) is 4.34. The van der Waals surface area contributed by atoms with Crippen LogP contribution >= 0.6 is 0 Å². The molecule has 0 radical (unpaired) electrons. The number of nitrogens with one attached hydrogen (secondary N) is 1. The van der Waals surface area contributed by atoms with Gasteiger partial charge in [-0.1, -0.05) is 78.4 Å². The highest BCUT2D eigenvalue weighted by molar-refractivity contribution is 6.24. The van der Waals surface area contributed by atoms with Crippen molar-refractivity contribution >= 4 is 17.6 Å². The molecule has 1 N–H and O–H groups in total. The first-order chi connectivity index (χ1) is 13.2. The van der Waals surface area contributed by atoms with Crippen LogP contribution in [0.5, 0.6) is 5.75 Å². The summed E-state index contributed by atoms with van der Waals surface area (Å²) in [4.78, 5) is 13.0. The molecule has 0 heterocycles. The van der Waals surface area contributed by atoms with E-state index >= 15 is 0 Å². The minimum atomic E-state index is -0.118. The fourth-order valence-electron chi connectivity index (χ4n) is 2.82. The van der Waals surface area contributed by atoms with Gasteiger partial charge in [-0.3, -0.25) is 4.79 Å². The van der Waals surface area contributed by atoms with E-state index in [0.717, 1.165) is 22.4 Å². The Morgan fingerprint density at radius 3 is 2.30 bits per heavy atom. The molecule has 0 aromatic heterocycles. The maximum atomic E-state index is 13.0. The minimum Gasteiger partial charge on any atom is -0.496 e. The number of carbonyl (C=O) groups excluding carboxylic acids is 1. The Morgan fingerprint density at radius 2 is 1.59 bits per heavy atom. The molecule has 0 unspecified atom stereocenters. The van der Waals surface area contributed by atoms with E-state index in [1.807, 2.05) is 91.9 Å². The Kier molecular flexibility index (Phi) is 6.06. The quantitative estimate of drug-likeness (QED) is 0.505. The van der Waals surface area contributed by atoms with Crippen molar-refractivity contribution in [3.8, 4) is 5.75 Å². The van der Waals surface area contributed by atoms with Crippen molar-refractivity contribution < 1.29 is 9.53 Å². The smallest absolute Gasteiger partial charge is 0.252 e. The van der Waals surface area contributed by atoms with Crippen LogP contribution in [0.1, 0.15) is 22.3 Å². The van der Waals surface area contributed by atoms with Crippen LogP contribution in [0, 0.1) is 6.92 Å². The topological polar surface area (TPSA) is 38.3 Å². The van der Waals surface area contributed by atoms with Crippen molar-refractivity contribution in [3.05, 3.63) is 101 Å². The highest BCUT2D eigenvalue weighted by Crippen LogP contribution is 2.25. The van der Waals surface area contributed by atoms with Gasteiger partial charge in [-0.25, -0.2) is 0 Å². The number of rotatable bonds is 6. The predicted molar refractivity (Wildman–Crippen MR) is 110 cm³/mol. The molecule has 0 saturated heterocycles. The fourth-order valence-corrected chi connectivity index (χ4v) is 2.82. The van der Waals surface area contributed by atoms with Gasteiger partial charge in [-0.2, -0.15) is 0 Å². The number of amides is 1. The highest BCUT2D eigenvalue weighted by atomic mass is 16.5. The molecular weight excluding hydrogens is 334 g/mol. The third kappa shape index (κ3) is 4.85. The molecule has 0 aliphatic carbocycles. The largest absolute Gasteiger partial charge is 0.496 e. The van der Waals surface area contributed by atoms with Gasteiger partial charge >= 0.3 is 0 Å². The van der Waals surface area contributed by atoms with Gasteiger partial charge in [-0.05, 0) is 30.2 Å². The number of benzene rings is 3. The van der Waals surface area contributed by atoms with Crippen molar-refractivity contribution in [2.24, 2.45) is 0 Å². The summed E-state index contributed by atoms with van der Waals surface area (Å²) in [5.74, 6) is 0.616. The molecule has 27 heavy (non-hydrogen) atoms. The van der Waals surface area contributed by atoms with E-state index in [1.165, 1.54) is 5.56 Å². The van der Waals surface area contributed by atoms with E-state index in [2.05, 4.69) is 5.32 Å². The first-order valence-electron chi connectivity index (χ1n) is 8.91. The molecule has 3 heteroatoms. The summed E-state index contributed by atoms with van der Waals surface area (Å²) in [6.45, 7) is 2.53. The molecule has 1 amide bonds. The van der Waals surface area contributed by atoms with Crippen LogP contribution in [0.25, 0.3) is 11.6 Å². The molecule has 0 spiro atoms. The summed E-state index contributed by atoms with van der Waals surface area (Å²) in [6.07, 6.45) is 1.87. The van der Waals surface area contributed by atoms with Gasteiger partial charge in [0.25, 0.3) is 5.91 Å². The molecule has 0 fully saturated rings. The Bertz CT molecular complexity index is 928. The van der Waals surface area contributed by atoms with Crippen molar-refractivity contribution in [2.45, 2.75) is 13.5 Å². The van der Waals surface area contributed by atoms with E-state index in [-0.39, 0.29) is 5.91 Å². The van der Waals surface area contributed by atoms with Crippen molar-refractivity contribution in [1.82, 2.24) is 5.32 Å². The van der Waals surface area contributed by atoms with Gasteiger partial charge in [0, 0.05) is 17.7 Å². The summed E-state index contributed by atoms with van der Waals surface area (Å²) in [6, 6.07) is 25.5. The molecular formula is C24H23NO2. The van der Waals surface area contributed by atoms with Gasteiger partial charge in [0.2, 0.25) is 0 Å². The van der Waals surface area contributed by atoms with Crippen LogP contribution in [0.4, 0.5) is 0 Å². The second-order valence-electron chi connectivity index (χ2n) is 6.33. The number of ether oxygens (including phenoxy) is 1. The first-order valence-corrected chi connectivity index (χ1v) is 8.91. The monoisotopic (exact) mass is 357 g/mol. The number of hydrogen-bond donors (Lipinski definition) is 1. The first kappa shape index (κ1) is 18.5. The summed E-state index contributed by atoms with van der Waals surface area (Å²) >= 11 is 0. The van der Waals surface area contributed by atoms with Gasteiger partial charge in [0.15, 0.2) is 0 Å². The number of hydrogen-bond acceptors (Lipinski definition) is 2. The average molecular weight is 357 g/mol. The number of aryl methyl sites for hydroxylation is 1. The van der Waals surface area contributed by atoms with E-state index in [9.17, 15) is 4.79 Å². The number of para-hydroxylation sites is 1.